The molecule has 8 nitrogen and oxygen atoms in total. The number of carbonyl (C=O) groups excluding carboxylic acids is 1. The van der Waals surface area contributed by atoms with Crippen molar-refractivity contribution in [3.63, 3.8) is 0 Å². The maximum atomic E-state index is 13.0. The lowest BCUT2D eigenvalue weighted by molar-refractivity contribution is -0.122. The molecule has 176 valence electrons. The van der Waals surface area contributed by atoms with Gasteiger partial charge in [-0.2, -0.15) is 0 Å². The minimum atomic E-state index is -3.79. The lowest BCUT2D eigenvalue weighted by atomic mass is 9.87. The van der Waals surface area contributed by atoms with Gasteiger partial charge in [-0.1, -0.05) is 42.5 Å². The van der Waals surface area contributed by atoms with Gasteiger partial charge in [-0.3, -0.25) is 14.3 Å². The topological polar surface area (TPSA) is 109 Å². The summed E-state index contributed by atoms with van der Waals surface area (Å²) in [6.45, 7) is 5.57. The van der Waals surface area contributed by atoms with Crippen LogP contribution >= 0.6 is 0 Å². The van der Waals surface area contributed by atoms with Crippen LogP contribution in [0.5, 0.6) is 0 Å². The Kier molecular flexibility index (Phi) is 7.75. The average Bonchev–Trinajstić information content (AvgIpc) is 2.76. The number of hydrogen-bond acceptors (Lipinski definition) is 5. The van der Waals surface area contributed by atoms with E-state index in [2.05, 4.69) is 21.9 Å². The van der Waals surface area contributed by atoms with E-state index in [4.69, 9.17) is 0 Å². The van der Waals surface area contributed by atoms with Crippen molar-refractivity contribution in [1.29, 1.82) is 0 Å². The molecule has 1 aliphatic carbocycles. The summed E-state index contributed by atoms with van der Waals surface area (Å²) in [6, 6.07) is 11.7. The zero-order chi connectivity index (χ0) is 24.0. The Morgan fingerprint density at radius 2 is 1.94 bits per heavy atom. The molecular formula is C24H30N4O4S. The number of nitrogens with zero attached hydrogens (tertiary/aromatic N) is 1. The fraction of sp³-hybridized carbons (Fsp3) is 0.333. The van der Waals surface area contributed by atoms with E-state index in [1.807, 2.05) is 13.2 Å². The Balaban J connectivity index is 1.70. The monoisotopic (exact) mass is 470 g/mol. The van der Waals surface area contributed by atoms with Crippen LogP contribution in [-0.2, 0) is 27.1 Å². The van der Waals surface area contributed by atoms with E-state index >= 15 is 0 Å². The Bertz CT molecular complexity index is 1220. The minimum absolute atomic E-state index is 0.0498. The second kappa shape index (κ2) is 10.5. The number of allylic oxidation sites excluding steroid dienone is 1. The second-order valence-corrected chi connectivity index (χ2v) is 9.92. The first-order valence-electron chi connectivity index (χ1n) is 10.8. The molecule has 2 aromatic rings. The average molecular weight is 471 g/mol. The van der Waals surface area contributed by atoms with Crippen LogP contribution in [0.25, 0.3) is 0 Å². The van der Waals surface area contributed by atoms with Crippen molar-refractivity contribution in [2.45, 2.75) is 44.5 Å². The summed E-state index contributed by atoms with van der Waals surface area (Å²) in [6.07, 6.45) is 4.12. The van der Waals surface area contributed by atoms with E-state index in [1.165, 1.54) is 10.6 Å². The molecule has 0 aliphatic heterocycles. The quantitative estimate of drug-likeness (QED) is 0.549. The van der Waals surface area contributed by atoms with Gasteiger partial charge in [0.05, 0.1) is 5.75 Å². The third-order valence-corrected chi connectivity index (χ3v) is 6.80. The lowest BCUT2D eigenvalue weighted by Gasteiger charge is -2.27. The minimum Gasteiger partial charge on any atom is -0.394 e. The summed E-state index contributed by atoms with van der Waals surface area (Å²) in [7, 11) is -1.97. The molecule has 0 spiro atoms. The lowest BCUT2D eigenvalue weighted by Crippen LogP contribution is -2.41. The van der Waals surface area contributed by atoms with E-state index in [-0.39, 0.29) is 29.9 Å². The van der Waals surface area contributed by atoms with Crippen molar-refractivity contribution < 1.29 is 13.2 Å². The van der Waals surface area contributed by atoms with Crippen LogP contribution in [0.15, 0.2) is 71.2 Å². The maximum absolute atomic E-state index is 13.0. The first kappa shape index (κ1) is 24.3. The third kappa shape index (κ3) is 6.58. The van der Waals surface area contributed by atoms with Crippen LogP contribution in [-0.4, -0.2) is 32.0 Å². The Labute approximate surface area is 194 Å². The molecule has 3 N–H and O–H groups in total. The molecule has 1 aromatic carbocycles. The summed E-state index contributed by atoms with van der Waals surface area (Å²) in [4.78, 5) is 25.7. The SMILES string of the molecule is C=C1CCC(NC(=O)Cn2c(C)ccc(NS(=O)(=O)Cc3ccccc3)c2=O)C/C1=C/NC. The molecule has 1 aliphatic rings. The number of benzene rings is 1. The molecule has 0 saturated heterocycles. The van der Waals surface area contributed by atoms with Crippen LogP contribution in [0.1, 0.15) is 30.5 Å². The number of carbonyl (C=O) groups is 1. The fourth-order valence-corrected chi connectivity index (χ4v) is 5.03. The highest BCUT2D eigenvalue weighted by atomic mass is 32.2. The number of sulfonamides is 1. The van der Waals surface area contributed by atoms with Crippen molar-refractivity contribution in [3.05, 3.63) is 88.0 Å². The molecule has 9 heteroatoms. The number of aromatic nitrogens is 1. The molecule has 1 unspecified atom stereocenters. The first-order chi connectivity index (χ1) is 15.7. The fourth-order valence-electron chi connectivity index (χ4n) is 3.84. The van der Waals surface area contributed by atoms with Crippen molar-refractivity contribution in [2.24, 2.45) is 0 Å². The predicted octanol–water partition coefficient (Wildman–Crippen LogP) is 2.43. The number of rotatable bonds is 8. The van der Waals surface area contributed by atoms with E-state index < -0.39 is 15.6 Å². The van der Waals surface area contributed by atoms with Gasteiger partial charge in [0.25, 0.3) is 5.56 Å². The van der Waals surface area contributed by atoms with E-state index in [9.17, 15) is 18.0 Å². The van der Waals surface area contributed by atoms with Gasteiger partial charge in [-0.25, -0.2) is 8.42 Å². The summed E-state index contributed by atoms with van der Waals surface area (Å²) in [5.74, 6) is -0.553. The Morgan fingerprint density at radius 3 is 2.64 bits per heavy atom. The molecule has 1 atom stereocenters. The number of aryl methyl sites for hydroxylation is 1. The number of pyridine rings is 1. The van der Waals surface area contributed by atoms with Crippen molar-refractivity contribution in [1.82, 2.24) is 15.2 Å². The Hall–Kier alpha value is -3.33. The zero-order valence-corrected chi connectivity index (χ0v) is 19.7. The van der Waals surface area contributed by atoms with Crippen molar-refractivity contribution in [3.8, 4) is 0 Å². The second-order valence-electron chi connectivity index (χ2n) is 8.20. The summed E-state index contributed by atoms with van der Waals surface area (Å²) < 4.78 is 28.8. The summed E-state index contributed by atoms with van der Waals surface area (Å²) in [5, 5.41) is 5.98. The molecule has 1 heterocycles. The normalized spacial score (nSPS) is 17.6. The highest BCUT2D eigenvalue weighted by Crippen LogP contribution is 2.27. The molecule has 1 fully saturated rings. The molecule has 0 radical (unpaired) electrons. The van der Waals surface area contributed by atoms with Gasteiger partial charge >= 0.3 is 0 Å². The zero-order valence-electron chi connectivity index (χ0n) is 18.9. The van der Waals surface area contributed by atoms with Crippen LogP contribution in [0.3, 0.4) is 0 Å². The van der Waals surface area contributed by atoms with Crippen molar-refractivity contribution in [2.75, 3.05) is 11.8 Å². The van der Waals surface area contributed by atoms with Crippen LogP contribution < -0.4 is 20.9 Å². The van der Waals surface area contributed by atoms with Crippen LogP contribution in [0.4, 0.5) is 5.69 Å². The van der Waals surface area contributed by atoms with Crippen LogP contribution in [0, 0.1) is 6.92 Å². The molecule has 1 aromatic heterocycles. The van der Waals surface area contributed by atoms with Gasteiger partial charge in [-0.05, 0) is 55.7 Å². The highest BCUT2D eigenvalue weighted by Gasteiger charge is 2.22. The number of nitrogens with one attached hydrogen (secondary N) is 3. The third-order valence-electron chi connectivity index (χ3n) is 5.56. The van der Waals surface area contributed by atoms with Gasteiger partial charge in [0.2, 0.25) is 15.9 Å². The smallest absolute Gasteiger partial charge is 0.275 e. The van der Waals surface area contributed by atoms with E-state index in [0.29, 0.717) is 17.7 Å². The van der Waals surface area contributed by atoms with E-state index in [0.717, 1.165) is 24.0 Å². The number of hydrogen-bond donors (Lipinski definition) is 3. The molecule has 33 heavy (non-hydrogen) atoms. The summed E-state index contributed by atoms with van der Waals surface area (Å²) in [5.41, 5.74) is 2.65. The largest absolute Gasteiger partial charge is 0.394 e. The Morgan fingerprint density at radius 1 is 1.21 bits per heavy atom. The number of anilines is 1. The highest BCUT2D eigenvalue weighted by molar-refractivity contribution is 7.91. The molecule has 3 rings (SSSR count). The molecule has 1 saturated carbocycles. The number of amides is 1. The van der Waals surface area contributed by atoms with Gasteiger partial charge < -0.3 is 15.2 Å². The van der Waals surface area contributed by atoms with Gasteiger partial charge in [0, 0.05) is 18.8 Å². The van der Waals surface area contributed by atoms with Gasteiger partial charge in [0.15, 0.2) is 0 Å². The van der Waals surface area contributed by atoms with Crippen LogP contribution in [0.2, 0.25) is 0 Å². The summed E-state index contributed by atoms with van der Waals surface area (Å²) >= 11 is 0. The molecule has 0 bridgehead atoms. The standard InChI is InChI=1S/C24H30N4O4S/c1-17-9-11-21(13-20(17)14-25-3)26-23(29)15-28-18(2)10-12-22(24(28)30)27-33(31,32)16-19-7-5-4-6-8-19/h4-8,10,12,14,21,25,27H,1,9,11,13,15-16H2,2-3H3,(H,26,29)/b20-14-. The van der Waals surface area contributed by atoms with Gasteiger partial charge in [-0.15, -0.1) is 0 Å². The van der Waals surface area contributed by atoms with Gasteiger partial charge in [0.1, 0.15) is 12.2 Å². The van der Waals surface area contributed by atoms with Crippen molar-refractivity contribution >= 4 is 21.6 Å². The molecule has 1 amide bonds. The van der Waals surface area contributed by atoms with E-state index in [1.54, 1.807) is 43.3 Å². The maximum Gasteiger partial charge on any atom is 0.275 e. The predicted molar refractivity (Wildman–Crippen MR) is 130 cm³/mol. The first-order valence-corrected chi connectivity index (χ1v) is 12.4. The molecular weight excluding hydrogens is 440 g/mol.